The maximum absolute atomic E-state index is 13.0. The molecule has 3 rings (SSSR count). The fraction of sp³-hybridized carbons (Fsp3) is 0.105. The Morgan fingerprint density at radius 3 is 2.70 bits per heavy atom. The third kappa shape index (κ3) is 4.48. The molecule has 8 heteroatoms. The molecule has 0 unspecified atom stereocenters. The number of aromatic nitrogens is 1. The van der Waals surface area contributed by atoms with E-state index in [9.17, 15) is 19.1 Å². The van der Waals surface area contributed by atoms with Gasteiger partial charge >= 0.3 is 5.97 Å². The summed E-state index contributed by atoms with van der Waals surface area (Å²) in [5, 5.41) is 14.4. The molecule has 0 spiro atoms. The Hall–Kier alpha value is -3.26. The summed E-state index contributed by atoms with van der Waals surface area (Å²) in [7, 11) is 0. The molecule has 0 aliphatic heterocycles. The number of aromatic hydroxyl groups is 1. The Morgan fingerprint density at radius 2 is 1.96 bits per heavy atom. The highest BCUT2D eigenvalue weighted by Gasteiger charge is 2.16. The summed E-state index contributed by atoms with van der Waals surface area (Å²) in [6.07, 6.45) is 0. The summed E-state index contributed by atoms with van der Waals surface area (Å²) in [4.78, 5) is 28.2. The predicted molar refractivity (Wildman–Crippen MR) is 99.3 cm³/mol. The van der Waals surface area contributed by atoms with Gasteiger partial charge in [-0.2, -0.15) is 0 Å². The van der Waals surface area contributed by atoms with E-state index < -0.39 is 18.5 Å². The van der Waals surface area contributed by atoms with E-state index >= 15 is 0 Å². The number of benzene rings is 2. The van der Waals surface area contributed by atoms with Crippen LogP contribution < -0.4 is 5.32 Å². The summed E-state index contributed by atoms with van der Waals surface area (Å²) >= 11 is 1.19. The zero-order valence-corrected chi connectivity index (χ0v) is 15.0. The van der Waals surface area contributed by atoms with Gasteiger partial charge in [-0.3, -0.25) is 10.1 Å². The Kier molecular flexibility index (Phi) is 5.46. The van der Waals surface area contributed by atoms with Crippen LogP contribution in [0, 0.1) is 12.7 Å². The largest absolute Gasteiger partial charge is 0.507 e. The monoisotopic (exact) mass is 386 g/mol. The number of hydrogen-bond acceptors (Lipinski definition) is 6. The lowest BCUT2D eigenvalue weighted by molar-refractivity contribution is -0.119. The molecule has 27 heavy (non-hydrogen) atoms. The molecule has 0 atom stereocenters. The first kappa shape index (κ1) is 18.5. The number of hydrogen-bond donors (Lipinski definition) is 2. The number of rotatable bonds is 5. The fourth-order valence-electron chi connectivity index (χ4n) is 2.27. The molecule has 1 aromatic heterocycles. The number of anilines is 1. The number of aryl methyl sites for hydroxylation is 1. The van der Waals surface area contributed by atoms with Crippen molar-refractivity contribution in [2.45, 2.75) is 6.92 Å². The zero-order valence-electron chi connectivity index (χ0n) is 14.2. The molecule has 1 heterocycles. The SMILES string of the molecule is Cc1cccc(C(=O)OCC(=O)Nc2nc(-c3ccc(F)cc3)cs2)c1O. The molecule has 3 aromatic rings. The Labute approximate surface area is 158 Å². The number of nitrogens with one attached hydrogen (secondary N) is 1. The van der Waals surface area contributed by atoms with Crippen LogP contribution in [-0.4, -0.2) is 28.6 Å². The number of carbonyl (C=O) groups is 2. The van der Waals surface area contributed by atoms with Crippen LogP contribution >= 0.6 is 11.3 Å². The molecule has 0 aliphatic carbocycles. The van der Waals surface area contributed by atoms with Crippen LogP contribution in [0.15, 0.2) is 47.8 Å². The highest BCUT2D eigenvalue weighted by molar-refractivity contribution is 7.14. The van der Waals surface area contributed by atoms with Crippen molar-refractivity contribution < 1.29 is 23.8 Å². The van der Waals surface area contributed by atoms with Crippen molar-refractivity contribution in [3.05, 3.63) is 64.8 Å². The molecule has 0 aliphatic rings. The van der Waals surface area contributed by atoms with Crippen molar-refractivity contribution in [2.24, 2.45) is 0 Å². The number of amides is 1. The van der Waals surface area contributed by atoms with Gasteiger partial charge in [-0.25, -0.2) is 14.2 Å². The van der Waals surface area contributed by atoms with Crippen molar-refractivity contribution in [2.75, 3.05) is 11.9 Å². The molecule has 0 saturated heterocycles. The lowest BCUT2D eigenvalue weighted by Gasteiger charge is -2.07. The number of nitrogens with zero attached hydrogens (tertiary/aromatic N) is 1. The van der Waals surface area contributed by atoms with Gasteiger partial charge in [-0.1, -0.05) is 12.1 Å². The minimum atomic E-state index is -0.794. The minimum Gasteiger partial charge on any atom is -0.507 e. The average Bonchev–Trinajstić information content (AvgIpc) is 3.11. The first-order chi connectivity index (χ1) is 12.9. The summed E-state index contributed by atoms with van der Waals surface area (Å²) in [6, 6.07) is 10.5. The van der Waals surface area contributed by atoms with Gasteiger partial charge in [0, 0.05) is 10.9 Å². The first-order valence-electron chi connectivity index (χ1n) is 7.91. The number of phenolic OH excluding ortho intramolecular Hbond substituents is 1. The predicted octanol–water partition coefficient (Wildman–Crippen LogP) is 3.76. The number of esters is 1. The van der Waals surface area contributed by atoms with Crippen LogP contribution in [0.2, 0.25) is 0 Å². The second kappa shape index (κ2) is 7.96. The average molecular weight is 386 g/mol. The van der Waals surface area contributed by atoms with Crippen molar-refractivity contribution in [1.29, 1.82) is 0 Å². The molecule has 0 bridgehead atoms. The lowest BCUT2D eigenvalue weighted by Crippen LogP contribution is -2.21. The van der Waals surface area contributed by atoms with E-state index in [1.165, 1.54) is 29.5 Å². The van der Waals surface area contributed by atoms with Gasteiger partial charge in [0.1, 0.15) is 17.1 Å². The second-order valence-electron chi connectivity index (χ2n) is 5.64. The summed E-state index contributed by atoms with van der Waals surface area (Å²) in [5.41, 5.74) is 1.84. The van der Waals surface area contributed by atoms with Crippen LogP contribution in [0.4, 0.5) is 9.52 Å². The smallest absolute Gasteiger partial charge is 0.342 e. The van der Waals surface area contributed by atoms with E-state index in [4.69, 9.17) is 4.74 Å². The molecular formula is C19H15FN2O4S. The number of phenols is 1. The van der Waals surface area contributed by atoms with Gasteiger partial charge in [0.2, 0.25) is 0 Å². The minimum absolute atomic E-state index is 0.00403. The van der Waals surface area contributed by atoms with E-state index in [1.54, 1.807) is 36.6 Å². The second-order valence-corrected chi connectivity index (χ2v) is 6.50. The molecule has 1 amide bonds. The van der Waals surface area contributed by atoms with Crippen LogP contribution in [0.25, 0.3) is 11.3 Å². The van der Waals surface area contributed by atoms with Crippen molar-refractivity contribution in [3.8, 4) is 17.0 Å². The fourth-order valence-corrected chi connectivity index (χ4v) is 3.01. The van der Waals surface area contributed by atoms with Gasteiger partial charge < -0.3 is 9.84 Å². The highest BCUT2D eigenvalue weighted by Crippen LogP contribution is 2.25. The van der Waals surface area contributed by atoms with Gasteiger partial charge in [0.15, 0.2) is 11.7 Å². The van der Waals surface area contributed by atoms with E-state index in [-0.39, 0.29) is 17.1 Å². The maximum atomic E-state index is 13.0. The molecule has 0 fully saturated rings. The van der Waals surface area contributed by atoms with Gasteiger partial charge in [0.05, 0.1) is 5.69 Å². The quantitative estimate of drug-likeness (QED) is 0.652. The third-order valence-corrected chi connectivity index (χ3v) is 4.44. The number of para-hydroxylation sites is 1. The van der Waals surface area contributed by atoms with E-state index in [2.05, 4.69) is 10.3 Å². The molecule has 138 valence electrons. The Bertz CT molecular complexity index is 986. The summed E-state index contributed by atoms with van der Waals surface area (Å²) in [5.74, 6) is -1.87. The van der Waals surface area contributed by atoms with Crippen molar-refractivity contribution in [3.63, 3.8) is 0 Å². The van der Waals surface area contributed by atoms with Crippen molar-refractivity contribution in [1.82, 2.24) is 4.98 Å². The molecule has 0 saturated carbocycles. The molecule has 0 radical (unpaired) electrons. The van der Waals surface area contributed by atoms with E-state index in [1.807, 2.05) is 0 Å². The number of thiazole rings is 1. The van der Waals surface area contributed by atoms with Crippen LogP contribution in [0.5, 0.6) is 5.75 Å². The van der Waals surface area contributed by atoms with Crippen LogP contribution in [0.3, 0.4) is 0 Å². The number of ether oxygens (including phenoxy) is 1. The summed E-state index contributed by atoms with van der Waals surface area (Å²) in [6.45, 7) is 1.14. The standard InChI is InChI=1S/C19H15FN2O4S/c1-11-3-2-4-14(17(11)24)18(25)26-9-16(23)22-19-21-15(10-27-19)12-5-7-13(20)8-6-12/h2-8,10,24H,9H2,1H3,(H,21,22,23). The zero-order chi connectivity index (χ0) is 19.4. The van der Waals surface area contributed by atoms with Gasteiger partial charge in [0.25, 0.3) is 5.91 Å². The topological polar surface area (TPSA) is 88.5 Å². The Balaban J connectivity index is 1.57. The molecule has 2 aromatic carbocycles. The van der Waals surface area contributed by atoms with Crippen molar-refractivity contribution >= 4 is 28.3 Å². The Morgan fingerprint density at radius 1 is 1.22 bits per heavy atom. The normalized spacial score (nSPS) is 10.4. The first-order valence-corrected chi connectivity index (χ1v) is 8.79. The van der Waals surface area contributed by atoms with E-state index in [0.29, 0.717) is 16.4 Å². The molecular weight excluding hydrogens is 371 g/mol. The van der Waals surface area contributed by atoms with Gasteiger partial charge in [-0.15, -0.1) is 11.3 Å². The third-order valence-electron chi connectivity index (χ3n) is 3.68. The number of halogens is 1. The molecule has 2 N–H and O–H groups in total. The lowest BCUT2D eigenvalue weighted by atomic mass is 10.1. The van der Waals surface area contributed by atoms with Gasteiger partial charge in [-0.05, 0) is 42.8 Å². The highest BCUT2D eigenvalue weighted by atomic mass is 32.1. The van der Waals surface area contributed by atoms with Crippen LogP contribution in [0.1, 0.15) is 15.9 Å². The van der Waals surface area contributed by atoms with Crippen LogP contribution in [-0.2, 0) is 9.53 Å². The summed E-state index contributed by atoms with van der Waals surface area (Å²) < 4.78 is 17.9. The number of carbonyl (C=O) groups excluding carboxylic acids is 2. The maximum Gasteiger partial charge on any atom is 0.342 e. The van der Waals surface area contributed by atoms with E-state index in [0.717, 1.165) is 5.56 Å². The molecule has 6 nitrogen and oxygen atoms in total.